The number of carbonyl (C=O) groups is 13. The van der Waals surface area contributed by atoms with Crippen molar-refractivity contribution < 1.29 is 347 Å². The second-order valence-electron chi connectivity index (χ2n) is 12.1. The Morgan fingerprint density at radius 2 is 0.293 bits per heavy atom. The van der Waals surface area contributed by atoms with Crippen LogP contribution in [-0.2, 0) is 131 Å². The summed E-state index contributed by atoms with van der Waals surface area (Å²) in [6.07, 6.45) is 0. The zero-order valence-corrected chi connectivity index (χ0v) is 58.6. The van der Waals surface area contributed by atoms with Crippen LogP contribution in [0, 0.1) is 0 Å². The third-order valence-electron chi connectivity index (χ3n) is 6.43. The van der Waals surface area contributed by atoms with Gasteiger partial charge in [-0.15, -0.1) is 0 Å². The molecular formula is C31H46Fe4N6Na4O33S4. The molecule has 0 aliphatic heterocycles. The van der Waals surface area contributed by atoms with Crippen molar-refractivity contribution in [1.29, 1.82) is 0 Å². The monoisotopic (exact) mass is 1470 g/mol. The van der Waals surface area contributed by atoms with Crippen LogP contribution in [0.2, 0.25) is 0 Å². The van der Waals surface area contributed by atoms with Gasteiger partial charge in [-0.1, -0.05) is 0 Å². The van der Waals surface area contributed by atoms with Gasteiger partial charge in [-0.3, -0.25) is 29.4 Å². The Morgan fingerprint density at radius 1 is 0.244 bits per heavy atom. The van der Waals surface area contributed by atoms with Gasteiger partial charge in [0, 0.05) is 118 Å². The minimum atomic E-state index is -1.53. The fourth-order valence-corrected chi connectivity index (χ4v) is 4.32. The van der Waals surface area contributed by atoms with E-state index in [1.165, 1.54) is 0 Å². The summed E-state index contributed by atoms with van der Waals surface area (Å²) < 4.78 is 56.3. The summed E-state index contributed by atoms with van der Waals surface area (Å²) in [6, 6.07) is 0. The van der Waals surface area contributed by atoms with E-state index in [-0.39, 0.29) is 275 Å². The van der Waals surface area contributed by atoms with E-state index in [0.29, 0.717) is 0 Å². The van der Waals surface area contributed by atoms with Gasteiger partial charge in [0.2, 0.25) is 0 Å². The molecular weight excluding hydrogens is 1430 g/mol. The molecule has 4 radical (unpaired) electrons. The first-order valence-corrected chi connectivity index (χ1v) is 21.0. The van der Waals surface area contributed by atoms with Crippen molar-refractivity contribution in [3.63, 3.8) is 0 Å². The Balaban J connectivity index is -0.0000000487. The van der Waals surface area contributed by atoms with Crippen molar-refractivity contribution in [3.8, 4) is 0 Å². The number of nitrogens with zero attached hydrogens (tertiary/aromatic N) is 6. The minimum absolute atomic E-state index is 0. The number of hydrogen-bond acceptors (Lipinski definition) is 43. The molecule has 0 aromatic heterocycles. The summed E-state index contributed by atoms with van der Waals surface area (Å²) in [6.45, 7) is -7.75. The van der Waals surface area contributed by atoms with Gasteiger partial charge in [0.15, 0.2) is 49.3 Å². The van der Waals surface area contributed by atoms with Crippen LogP contribution in [0.25, 0.3) is 0 Å². The van der Waals surface area contributed by atoms with Crippen LogP contribution in [0.4, 0.5) is 0 Å². The largest absolute Gasteiger partial charge is 3.00 e. The third kappa shape index (κ3) is 126. The van der Waals surface area contributed by atoms with E-state index in [0.717, 1.165) is 29.4 Å². The molecule has 0 fully saturated rings. The molecule has 0 bridgehead atoms. The van der Waals surface area contributed by atoms with Crippen molar-refractivity contribution in [3.05, 3.63) is 0 Å². The Bertz CT molecular complexity index is 1270. The molecule has 0 aliphatic carbocycles. The van der Waals surface area contributed by atoms with Crippen molar-refractivity contribution >= 4 is 128 Å². The van der Waals surface area contributed by atoms with E-state index < -0.39 is 150 Å². The summed E-state index contributed by atoms with van der Waals surface area (Å²) in [5.74, 6) is -18.4. The van der Waals surface area contributed by atoms with Gasteiger partial charge in [-0.25, -0.2) is 0 Å². The molecule has 8 N–H and O–H groups in total. The maximum absolute atomic E-state index is 10.4. The first-order valence-electron chi connectivity index (χ1n) is 18.1. The molecule has 0 spiro atoms. The molecule has 0 aromatic rings. The molecule has 0 saturated heterocycles. The van der Waals surface area contributed by atoms with Gasteiger partial charge in [0.1, 0.15) is 6.79 Å². The van der Waals surface area contributed by atoms with Crippen LogP contribution in [0.3, 0.4) is 0 Å². The number of carboxylic acid groups (broad SMARTS) is 12. The maximum atomic E-state index is 10.4. The topological polar surface area (TPSA) is 680 Å². The molecule has 458 valence electrons. The van der Waals surface area contributed by atoms with Crippen LogP contribution in [0.15, 0.2) is 0 Å². The number of hydrogen-bond donors (Lipinski definition) is 8. The Morgan fingerprint density at radius 3 is 0.329 bits per heavy atom. The summed E-state index contributed by atoms with van der Waals surface area (Å²) >= 11 is -1.00. The molecule has 0 unspecified atom stereocenters. The molecule has 0 amide bonds. The van der Waals surface area contributed by atoms with Gasteiger partial charge in [-0.05, 0) is 0 Å². The maximum Gasteiger partial charge on any atom is 3.00 e. The SMILES string of the molecule is C=O.O=C([O-])CN(CCN(CC(=O)[O-])CC(=O)[O-])CC(=O)[O-].O=C([O-])CN(CCN(CC(=O)[O-])CC(=O)[O-])CC(=O)[O-].O=C([O-])CN(CCN(CC(=O)[O-])CC(=O)[O-])CC(=O)[O-].OSO.OSO.OSO.OSO.[Fe+3].[Fe+3].[Fe+3].[Fe-].[Na+].[Na+].[Na+].[Na+]. The predicted molar refractivity (Wildman–Crippen MR) is 217 cm³/mol. The second-order valence-corrected chi connectivity index (χ2v) is 12.7. The average Bonchev–Trinajstić information content (AvgIpc) is 3.21. The molecule has 0 heterocycles. The van der Waals surface area contributed by atoms with Crippen LogP contribution in [0.5, 0.6) is 0 Å². The molecule has 82 heavy (non-hydrogen) atoms. The summed E-state index contributed by atoms with van der Waals surface area (Å²) in [5.41, 5.74) is 0. The number of rotatable bonds is 33. The summed E-state index contributed by atoms with van der Waals surface area (Å²) in [5, 5.41) is 125. The fourth-order valence-electron chi connectivity index (χ4n) is 4.32. The van der Waals surface area contributed by atoms with E-state index >= 15 is 0 Å². The van der Waals surface area contributed by atoms with Crippen LogP contribution in [-0.4, -0.2) is 262 Å². The Kier molecular flexibility index (Phi) is 136. The van der Waals surface area contributed by atoms with E-state index in [2.05, 4.69) is 0 Å². The van der Waals surface area contributed by atoms with E-state index in [9.17, 15) is 119 Å². The summed E-state index contributed by atoms with van der Waals surface area (Å²) in [7, 11) is 0. The molecule has 39 nitrogen and oxygen atoms in total. The van der Waals surface area contributed by atoms with Crippen molar-refractivity contribution in [2.45, 2.75) is 0 Å². The smallest absolute Gasteiger partial charge is 1.00 e. The van der Waals surface area contributed by atoms with Crippen LogP contribution in [0.1, 0.15) is 0 Å². The van der Waals surface area contributed by atoms with Gasteiger partial charge >= 0.3 is 169 Å². The standard InChI is InChI=1S/3C10H16N2O8.CH2O.4Fe.4Na.4H2O2S/c3*13-7(14)3-11(4-8(15)16)1-2-12(5-9(17)18)6-10(19)20;1-2;;;;;;;;;4*1-3-2/h3*1-6H2,(H,13,14)(H,15,16)(H,17,18)(H,19,20);1H2;;;;;;;;;4*1-2H/q;;;;-1;3*+3;4*+1;;;;/p-12. The molecule has 0 aromatic carbocycles. The second kappa shape index (κ2) is 90.0. The molecule has 0 aliphatic rings. The third-order valence-corrected chi connectivity index (χ3v) is 6.43. The minimum Gasteiger partial charge on any atom is -1.00 e. The molecule has 0 rings (SSSR count). The van der Waals surface area contributed by atoms with Crippen molar-refractivity contribution in [2.75, 3.05) is 118 Å². The zero-order chi connectivity index (χ0) is 59.9. The van der Waals surface area contributed by atoms with Gasteiger partial charge in [-0.2, -0.15) is 0 Å². The van der Waals surface area contributed by atoms with Gasteiger partial charge in [0.05, 0.1) is 71.6 Å². The number of carboxylic acids is 12. The van der Waals surface area contributed by atoms with Crippen LogP contribution >= 0.6 is 49.3 Å². The molecule has 51 heteroatoms. The first-order chi connectivity index (χ1) is 34.3. The van der Waals surface area contributed by atoms with Crippen molar-refractivity contribution in [2.24, 2.45) is 0 Å². The van der Waals surface area contributed by atoms with E-state index in [1.54, 1.807) is 0 Å². The fraction of sp³-hybridized carbons (Fsp3) is 0.581. The first kappa shape index (κ1) is 124. The van der Waals surface area contributed by atoms with Gasteiger partial charge < -0.3 is 177 Å². The Labute approximate surface area is 613 Å². The van der Waals surface area contributed by atoms with Gasteiger partial charge in [0.25, 0.3) is 0 Å². The van der Waals surface area contributed by atoms with E-state index in [1.807, 2.05) is 6.79 Å². The normalized spacial score (nSPS) is 8.76. The average molecular weight is 1470 g/mol. The Hall–Kier alpha value is 0.228. The number of aliphatic carboxylic acids is 12. The number of carbonyl (C=O) groups excluding carboxylic acids is 13. The zero-order valence-electron chi connectivity index (χ0n) is 42.9. The quantitative estimate of drug-likeness (QED) is 0.0223. The van der Waals surface area contributed by atoms with Crippen molar-refractivity contribution in [1.82, 2.24) is 29.4 Å². The van der Waals surface area contributed by atoms with E-state index in [4.69, 9.17) is 41.2 Å². The summed E-state index contributed by atoms with van der Waals surface area (Å²) in [4.78, 5) is 138. The molecule has 0 saturated carbocycles. The molecule has 0 atom stereocenters. The van der Waals surface area contributed by atoms with Crippen LogP contribution < -0.4 is 180 Å². The predicted octanol–water partition coefficient (Wildman–Crippen LogP) is -31.7.